The van der Waals surface area contributed by atoms with Crippen molar-refractivity contribution in [1.29, 1.82) is 0 Å². The van der Waals surface area contributed by atoms with E-state index in [9.17, 15) is 4.79 Å². The van der Waals surface area contributed by atoms with Crippen LogP contribution in [0.5, 0.6) is 0 Å². The number of carbonyl (C=O) groups is 1. The topological polar surface area (TPSA) is 55.8 Å². The van der Waals surface area contributed by atoms with E-state index >= 15 is 0 Å². The number of hydrogen-bond acceptors (Lipinski definition) is 3. The van der Waals surface area contributed by atoms with Gasteiger partial charge in [0.05, 0.1) is 12.2 Å². The molecule has 2 atom stereocenters. The number of carboxylic acid groups (broad SMARTS) is 1. The molecule has 0 saturated carbocycles. The molecule has 0 fully saturated rings. The van der Waals surface area contributed by atoms with Gasteiger partial charge in [0.15, 0.2) is 16.6 Å². The van der Waals surface area contributed by atoms with Gasteiger partial charge in [-0.1, -0.05) is 121 Å². The Hall–Kier alpha value is -1.74. The number of carboxylic acids is 1. The first-order chi connectivity index (χ1) is 18.4. The minimum Gasteiger partial charge on any atom is -0.481 e. The van der Waals surface area contributed by atoms with Crippen molar-refractivity contribution in [2.75, 3.05) is 0 Å². The zero-order valence-electron chi connectivity index (χ0n) is 27.5. The van der Waals surface area contributed by atoms with Crippen molar-refractivity contribution in [3.05, 3.63) is 72.9 Å². The van der Waals surface area contributed by atoms with Gasteiger partial charge in [0.1, 0.15) is 0 Å². The Labute approximate surface area is 249 Å². The fourth-order valence-electron chi connectivity index (χ4n) is 3.17. The second kappa shape index (κ2) is 18.6. The van der Waals surface area contributed by atoms with E-state index in [1.807, 2.05) is 18.2 Å². The van der Waals surface area contributed by atoms with Gasteiger partial charge in [0.2, 0.25) is 0 Å². The average molecular weight is 589 g/mol. The summed E-state index contributed by atoms with van der Waals surface area (Å²) >= 11 is 0. The fraction of sp³-hybridized carbons (Fsp3) is 0.618. The molecule has 0 aromatic rings. The van der Waals surface area contributed by atoms with Gasteiger partial charge in [0, 0.05) is 6.42 Å². The van der Waals surface area contributed by atoms with Crippen molar-refractivity contribution in [2.24, 2.45) is 0 Å². The Morgan fingerprint density at radius 3 is 1.52 bits per heavy atom. The van der Waals surface area contributed by atoms with Crippen molar-refractivity contribution in [3.63, 3.8) is 0 Å². The van der Waals surface area contributed by atoms with E-state index in [-0.39, 0.29) is 28.7 Å². The summed E-state index contributed by atoms with van der Waals surface area (Å²) in [6.07, 6.45) is 29.7. The average Bonchev–Trinajstić information content (AvgIpc) is 2.80. The highest BCUT2D eigenvalue weighted by molar-refractivity contribution is 6.74. The van der Waals surface area contributed by atoms with E-state index in [1.54, 1.807) is 0 Å². The molecule has 0 rings (SSSR count). The molecule has 0 radical (unpaired) electrons. The van der Waals surface area contributed by atoms with Crippen molar-refractivity contribution in [3.8, 4) is 0 Å². The molecule has 0 unspecified atom stereocenters. The molecule has 0 aliphatic heterocycles. The fourth-order valence-corrected chi connectivity index (χ4v) is 5.74. The standard InChI is InChI=1S/C34H60O4Si2/c1-12-13-14-15-16-20-25-30(37-39(8,9)33(2,3)4)26-21-17-18-22-27-31(28-23-19-24-29-32(35)36)38-40(10,11)34(5,6)7/h13-14,16-23,26-27,30-31H,12,15,24-25,28-29H2,1-11H3,(H,35,36)/b14-13-,18-17+,20-16-,23-19-,26-21-,27-22+/t30-,31-/m0/s1. The van der Waals surface area contributed by atoms with Crippen LogP contribution in [0.4, 0.5) is 0 Å². The molecule has 4 nitrogen and oxygen atoms in total. The predicted molar refractivity (Wildman–Crippen MR) is 180 cm³/mol. The van der Waals surface area contributed by atoms with Crippen molar-refractivity contribution >= 4 is 22.6 Å². The molecule has 228 valence electrons. The Kier molecular flexibility index (Phi) is 17.8. The van der Waals surface area contributed by atoms with E-state index in [1.165, 1.54) is 0 Å². The monoisotopic (exact) mass is 588 g/mol. The summed E-state index contributed by atoms with van der Waals surface area (Å²) in [4.78, 5) is 10.8. The Morgan fingerprint density at radius 1 is 0.700 bits per heavy atom. The van der Waals surface area contributed by atoms with Crippen molar-refractivity contribution < 1.29 is 18.8 Å². The Bertz CT molecular complexity index is 894. The third kappa shape index (κ3) is 17.2. The summed E-state index contributed by atoms with van der Waals surface area (Å²) in [6, 6.07) is 0. The SMILES string of the molecule is CC/C=C\C/C=C\C[C@@H](\C=C/C=C/C=C/[C@@H](C/C=C\CCC(=O)O)O[Si](C)(C)C(C)(C)C)O[Si](C)(C)C(C)(C)C. The van der Waals surface area contributed by atoms with Crippen LogP contribution >= 0.6 is 0 Å². The predicted octanol–water partition coefficient (Wildman–Crippen LogP) is 10.5. The summed E-state index contributed by atoms with van der Waals surface area (Å²) in [6.45, 7) is 24.8. The number of aliphatic carboxylic acids is 1. The minimum atomic E-state index is -1.95. The van der Waals surface area contributed by atoms with Gasteiger partial charge < -0.3 is 14.0 Å². The molecule has 0 saturated heterocycles. The maximum Gasteiger partial charge on any atom is 0.303 e. The molecule has 0 aliphatic carbocycles. The molecule has 40 heavy (non-hydrogen) atoms. The normalized spacial score (nSPS) is 16.1. The molecular weight excluding hydrogens is 529 g/mol. The van der Waals surface area contributed by atoms with E-state index in [0.29, 0.717) is 6.42 Å². The quantitative estimate of drug-likeness (QED) is 0.0983. The van der Waals surface area contributed by atoms with Gasteiger partial charge in [0.25, 0.3) is 0 Å². The van der Waals surface area contributed by atoms with Crippen LogP contribution in [0.2, 0.25) is 36.3 Å². The van der Waals surface area contributed by atoms with Gasteiger partial charge in [-0.05, 0) is 68.4 Å². The van der Waals surface area contributed by atoms with Crippen LogP contribution in [0.3, 0.4) is 0 Å². The molecule has 0 aromatic carbocycles. The van der Waals surface area contributed by atoms with Crippen LogP contribution in [0.1, 0.15) is 87.0 Å². The van der Waals surface area contributed by atoms with Crippen LogP contribution in [0, 0.1) is 0 Å². The zero-order valence-corrected chi connectivity index (χ0v) is 29.5. The highest BCUT2D eigenvalue weighted by Gasteiger charge is 2.39. The van der Waals surface area contributed by atoms with Crippen LogP contribution in [-0.4, -0.2) is 39.9 Å². The van der Waals surface area contributed by atoms with Crippen LogP contribution in [-0.2, 0) is 13.6 Å². The van der Waals surface area contributed by atoms with Crippen LogP contribution in [0.25, 0.3) is 0 Å². The van der Waals surface area contributed by atoms with E-state index in [4.69, 9.17) is 14.0 Å². The minimum absolute atomic E-state index is 0.0443. The van der Waals surface area contributed by atoms with E-state index in [2.05, 4.69) is 129 Å². The summed E-state index contributed by atoms with van der Waals surface area (Å²) in [5.41, 5.74) is 0. The second-order valence-electron chi connectivity index (χ2n) is 13.4. The lowest BCUT2D eigenvalue weighted by molar-refractivity contribution is -0.136. The first-order valence-corrected chi connectivity index (χ1v) is 20.8. The Balaban J connectivity index is 5.48. The number of allylic oxidation sites excluding steroid dienone is 8. The molecular formula is C34H60O4Si2. The third-order valence-corrected chi connectivity index (χ3v) is 16.8. The highest BCUT2D eigenvalue weighted by atomic mass is 28.4. The lowest BCUT2D eigenvalue weighted by atomic mass is 10.2. The smallest absolute Gasteiger partial charge is 0.303 e. The number of rotatable bonds is 18. The first kappa shape index (κ1) is 38.3. The molecule has 0 aromatic heterocycles. The van der Waals surface area contributed by atoms with Gasteiger partial charge in [-0.25, -0.2) is 0 Å². The van der Waals surface area contributed by atoms with Gasteiger partial charge in [-0.3, -0.25) is 4.79 Å². The van der Waals surface area contributed by atoms with Crippen molar-refractivity contribution in [1.82, 2.24) is 0 Å². The molecule has 6 heteroatoms. The lowest BCUT2D eigenvalue weighted by Crippen LogP contribution is -2.43. The summed E-state index contributed by atoms with van der Waals surface area (Å²) in [5, 5.41) is 9.14. The zero-order chi connectivity index (χ0) is 30.9. The highest BCUT2D eigenvalue weighted by Crippen LogP contribution is 2.38. The van der Waals surface area contributed by atoms with Crippen LogP contribution < -0.4 is 0 Å². The molecule has 0 amide bonds. The van der Waals surface area contributed by atoms with Crippen LogP contribution in [0.15, 0.2) is 72.9 Å². The largest absolute Gasteiger partial charge is 0.481 e. The molecule has 1 N–H and O–H groups in total. The maximum atomic E-state index is 10.8. The summed E-state index contributed by atoms with van der Waals surface area (Å²) in [5.74, 6) is -0.770. The summed E-state index contributed by atoms with van der Waals surface area (Å²) < 4.78 is 13.4. The van der Waals surface area contributed by atoms with E-state index in [0.717, 1.165) is 25.7 Å². The van der Waals surface area contributed by atoms with Gasteiger partial charge in [-0.2, -0.15) is 0 Å². The first-order valence-electron chi connectivity index (χ1n) is 15.0. The molecule has 0 aliphatic rings. The third-order valence-electron chi connectivity index (χ3n) is 7.76. The Morgan fingerprint density at radius 2 is 1.12 bits per heavy atom. The molecule has 0 heterocycles. The maximum absolute atomic E-state index is 10.8. The molecule has 0 spiro atoms. The van der Waals surface area contributed by atoms with Crippen molar-refractivity contribution in [2.45, 2.75) is 135 Å². The lowest BCUT2D eigenvalue weighted by Gasteiger charge is -2.38. The summed E-state index contributed by atoms with van der Waals surface area (Å²) in [7, 11) is -3.84. The van der Waals surface area contributed by atoms with Gasteiger partial charge >= 0.3 is 5.97 Å². The van der Waals surface area contributed by atoms with E-state index < -0.39 is 22.6 Å². The molecule has 0 bridgehead atoms. The van der Waals surface area contributed by atoms with Gasteiger partial charge in [-0.15, -0.1) is 0 Å². The second-order valence-corrected chi connectivity index (χ2v) is 23.0. The number of hydrogen-bond donors (Lipinski definition) is 1.